The fraction of sp³-hybridized carbons (Fsp3) is 0.353. The Hall–Kier alpha value is -2.07. The van der Waals surface area contributed by atoms with E-state index in [2.05, 4.69) is 10.6 Å². The van der Waals surface area contributed by atoms with Crippen molar-refractivity contribution in [2.45, 2.75) is 26.4 Å². The van der Waals surface area contributed by atoms with E-state index in [1.165, 1.54) is 0 Å². The van der Waals surface area contributed by atoms with Gasteiger partial charge < -0.3 is 15.7 Å². The van der Waals surface area contributed by atoms with Gasteiger partial charge in [0.1, 0.15) is 0 Å². The van der Waals surface area contributed by atoms with Gasteiger partial charge in [0.2, 0.25) is 0 Å². The lowest BCUT2D eigenvalue weighted by molar-refractivity contribution is 0.117. The van der Waals surface area contributed by atoms with Crippen LogP contribution in [-0.2, 0) is 0 Å². The highest BCUT2D eigenvalue weighted by molar-refractivity contribution is 6.01. The lowest BCUT2D eigenvalue weighted by Crippen LogP contribution is -2.32. The number of aliphatic hydroxyl groups is 1. The van der Waals surface area contributed by atoms with E-state index >= 15 is 0 Å². The molecule has 2 rings (SSSR count). The molecule has 4 nitrogen and oxygen atoms in total. The molecule has 0 fully saturated rings. The molecule has 2 aromatic rings. The Morgan fingerprint density at radius 2 is 1.86 bits per heavy atom. The van der Waals surface area contributed by atoms with Crippen molar-refractivity contribution in [3.63, 3.8) is 0 Å². The van der Waals surface area contributed by atoms with E-state index in [1.54, 1.807) is 0 Å². The average Bonchev–Trinajstić information content (AvgIpc) is 2.47. The van der Waals surface area contributed by atoms with E-state index < -0.39 is 0 Å². The summed E-state index contributed by atoms with van der Waals surface area (Å²) < 4.78 is 0. The Kier molecular flexibility index (Phi) is 5.17. The van der Waals surface area contributed by atoms with Crippen molar-refractivity contribution in [2.75, 3.05) is 11.9 Å². The van der Waals surface area contributed by atoms with Gasteiger partial charge in [0.25, 0.3) is 0 Å². The van der Waals surface area contributed by atoms with Gasteiger partial charge in [0.15, 0.2) is 0 Å². The zero-order chi connectivity index (χ0) is 15.2. The number of hydrogen-bond donors (Lipinski definition) is 3. The SMILES string of the molecule is CC(C)C(O)CCNC(=O)Nc1cccc2ccccc12. The van der Waals surface area contributed by atoms with Gasteiger partial charge in [-0.15, -0.1) is 0 Å². The third kappa shape index (κ3) is 4.20. The van der Waals surface area contributed by atoms with Crippen LogP contribution in [0.4, 0.5) is 10.5 Å². The first-order valence-corrected chi connectivity index (χ1v) is 7.28. The summed E-state index contributed by atoms with van der Waals surface area (Å²) in [6.07, 6.45) is 0.170. The number of carbonyl (C=O) groups excluding carboxylic acids is 1. The molecular weight excluding hydrogens is 264 g/mol. The van der Waals surface area contributed by atoms with Crippen molar-refractivity contribution in [3.05, 3.63) is 42.5 Å². The van der Waals surface area contributed by atoms with Crippen LogP contribution in [0.2, 0.25) is 0 Å². The summed E-state index contributed by atoms with van der Waals surface area (Å²) in [5.74, 6) is 0.202. The zero-order valence-corrected chi connectivity index (χ0v) is 12.5. The van der Waals surface area contributed by atoms with Crippen molar-refractivity contribution in [2.24, 2.45) is 5.92 Å². The van der Waals surface area contributed by atoms with Gasteiger partial charge in [0.05, 0.1) is 11.8 Å². The summed E-state index contributed by atoms with van der Waals surface area (Å²) in [6, 6.07) is 13.5. The molecule has 21 heavy (non-hydrogen) atoms. The number of nitrogens with one attached hydrogen (secondary N) is 2. The second kappa shape index (κ2) is 7.09. The van der Waals surface area contributed by atoms with Gasteiger partial charge in [-0.05, 0) is 23.8 Å². The van der Waals surface area contributed by atoms with Crippen molar-refractivity contribution in [1.82, 2.24) is 5.32 Å². The van der Waals surface area contributed by atoms with Crippen molar-refractivity contribution >= 4 is 22.5 Å². The maximum Gasteiger partial charge on any atom is 0.319 e. The van der Waals surface area contributed by atoms with Gasteiger partial charge in [-0.25, -0.2) is 4.79 Å². The molecule has 0 saturated carbocycles. The summed E-state index contributed by atoms with van der Waals surface area (Å²) in [6.45, 7) is 4.37. The number of fused-ring (bicyclic) bond motifs is 1. The van der Waals surface area contributed by atoms with Crippen molar-refractivity contribution in [1.29, 1.82) is 0 Å². The van der Waals surface area contributed by atoms with Crippen LogP contribution in [0.1, 0.15) is 20.3 Å². The Bertz CT molecular complexity index is 605. The number of benzene rings is 2. The lowest BCUT2D eigenvalue weighted by atomic mass is 10.0. The van der Waals surface area contributed by atoms with Gasteiger partial charge in [-0.2, -0.15) is 0 Å². The number of amides is 2. The molecule has 2 amide bonds. The van der Waals surface area contributed by atoms with Crippen LogP contribution in [-0.4, -0.2) is 23.8 Å². The lowest BCUT2D eigenvalue weighted by Gasteiger charge is -2.15. The molecule has 1 atom stereocenters. The molecule has 3 N–H and O–H groups in total. The second-order valence-electron chi connectivity index (χ2n) is 5.51. The normalized spacial score (nSPS) is 12.4. The fourth-order valence-electron chi connectivity index (χ4n) is 2.17. The van der Waals surface area contributed by atoms with Crippen LogP contribution < -0.4 is 10.6 Å². The molecule has 0 aliphatic heterocycles. The molecule has 0 saturated heterocycles. The third-order valence-electron chi connectivity index (χ3n) is 3.53. The Balaban J connectivity index is 1.93. The van der Waals surface area contributed by atoms with Crippen LogP contribution in [0.15, 0.2) is 42.5 Å². The Labute approximate surface area is 125 Å². The number of urea groups is 1. The summed E-state index contributed by atoms with van der Waals surface area (Å²) >= 11 is 0. The quantitative estimate of drug-likeness (QED) is 0.789. The standard InChI is InChI=1S/C17H22N2O2/c1-12(2)16(20)10-11-18-17(21)19-15-9-5-7-13-6-3-4-8-14(13)15/h3-9,12,16,20H,10-11H2,1-2H3,(H2,18,19,21). The van der Waals surface area contributed by atoms with Crippen LogP contribution in [0.5, 0.6) is 0 Å². The van der Waals surface area contributed by atoms with Crippen LogP contribution in [0.25, 0.3) is 10.8 Å². The average molecular weight is 286 g/mol. The first-order chi connectivity index (χ1) is 10.1. The maximum absolute atomic E-state index is 11.9. The number of aliphatic hydroxyl groups excluding tert-OH is 1. The van der Waals surface area contributed by atoms with Gasteiger partial charge in [-0.1, -0.05) is 50.2 Å². The third-order valence-corrected chi connectivity index (χ3v) is 3.53. The molecule has 4 heteroatoms. The topological polar surface area (TPSA) is 61.4 Å². The van der Waals surface area contributed by atoms with Gasteiger partial charge in [0, 0.05) is 11.9 Å². The van der Waals surface area contributed by atoms with Crippen LogP contribution >= 0.6 is 0 Å². The summed E-state index contributed by atoms with van der Waals surface area (Å²) in [5, 5.41) is 17.4. The number of carbonyl (C=O) groups is 1. The van der Waals surface area contributed by atoms with E-state index in [4.69, 9.17) is 0 Å². The zero-order valence-electron chi connectivity index (χ0n) is 12.5. The molecule has 0 aliphatic rings. The minimum absolute atomic E-state index is 0.202. The maximum atomic E-state index is 11.9. The molecule has 2 aromatic carbocycles. The smallest absolute Gasteiger partial charge is 0.319 e. The minimum Gasteiger partial charge on any atom is -0.393 e. The van der Waals surface area contributed by atoms with Crippen molar-refractivity contribution in [3.8, 4) is 0 Å². The van der Waals surface area contributed by atoms with E-state index in [9.17, 15) is 9.90 Å². The van der Waals surface area contributed by atoms with Crippen molar-refractivity contribution < 1.29 is 9.90 Å². The Morgan fingerprint density at radius 1 is 1.14 bits per heavy atom. The monoisotopic (exact) mass is 286 g/mol. The molecule has 0 spiro atoms. The highest BCUT2D eigenvalue weighted by Crippen LogP contribution is 2.22. The highest BCUT2D eigenvalue weighted by Gasteiger charge is 2.10. The second-order valence-corrected chi connectivity index (χ2v) is 5.51. The van der Waals surface area contributed by atoms with E-state index in [0.717, 1.165) is 16.5 Å². The van der Waals surface area contributed by atoms with Crippen LogP contribution in [0, 0.1) is 5.92 Å². The number of anilines is 1. The molecule has 0 bridgehead atoms. The Morgan fingerprint density at radius 3 is 2.62 bits per heavy atom. The van der Waals surface area contributed by atoms with Crippen LogP contribution in [0.3, 0.4) is 0 Å². The summed E-state index contributed by atoms with van der Waals surface area (Å²) in [5.41, 5.74) is 0.787. The number of hydrogen-bond acceptors (Lipinski definition) is 2. The first kappa shape index (κ1) is 15.3. The molecule has 0 aliphatic carbocycles. The molecule has 0 heterocycles. The van der Waals surface area contributed by atoms with E-state index in [-0.39, 0.29) is 18.1 Å². The number of rotatable bonds is 5. The molecular formula is C17H22N2O2. The molecule has 0 radical (unpaired) electrons. The van der Waals surface area contributed by atoms with E-state index in [0.29, 0.717) is 13.0 Å². The largest absolute Gasteiger partial charge is 0.393 e. The van der Waals surface area contributed by atoms with Gasteiger partial charge >= 0.3 is 6.03 Å². The van der Waals surface area contributed by atoms with E-state index in [1.807, 2.05) is 56.3 Å². The summed E-state index contributed by atoms with van der Waals surface area (Å²) in [4.78, 5) is 11.9. The van der Waals surface area contributed by atoms with Gasteiger partial charge in [-0.3, -0.25) is 0 Å². The summed E-state index contributed by atoms with van der Waals surface area (Å²) in [7, 11) is 0. The fourth-order valence-corrected chi connectivity index (χ4v) is 2.17. The minimum atomic E-state index is -0.386. The molecule has 1 unspecified atom stereocenters. The predicted octanol–water partition coefficient (Wildman–Crippen LogP) is 3.37. The first-order valence-electron chi connectivity index (χ1n) is 7.28. The highest BCUT2D eigenvalue weighted by atomic mass is 16.3. The predicted molar refractivity (Wildman–Crippen MR) is 86.4 cm³/mol. The molecule has 0 aromatic heterocycles. The molecule has 112 valence electrons.